The number of benzene rings is 1. The number of carbonyl (C=O) groups excluding carboxylic acids is 1. The van der Waals surface area contributed by atoms with E-state index in [4.69, 9.17) is 10.5 Å². The number of hydrogen-bond acceptors (Lipinski definition) is 8. The SMILES string of the molecule is Cc1ccccc1Nc1nc(N)nc(COC(=O)C=Cc2c(C)nn(C)c2C)n1. The molecule has 0 amide bonds. The number of nitrogens with one attached hydrogen (secondary N) is 1. The molecule has 3 N–H and O–H groups in total. The summed E-state index contributed by atoms with van der Waals surface area (Å²) in [5, 5.41) is 7.40. The second-order valence-electron chi connectivity index (χ2n) is 6.52. The first-order chi connectivity index (χ1) is 13.8. The van der Waals surface area contributed by atoms with Gasteiger partial charge < -0.3 is 15.8 Å². The number of aromatic nitrogens is 5. The summed E-state index contributed by atoms with van der Waals surface area (Å²) in [6, 6.07) is 7.71. The Hall–Kier alpha value is -3.75. The molecule has 0 bridgehead atoms. The number of nitrogens with zero attached hydrogens (tertiary/aromatic N) is 5. The van der Waals surface area contributed by atoms with E-state index in [0.717, 1.165) is 28.2 Å². The number of para-hydroxylation sites is 1. The molecule has 0 aliphatic heterocycles. The number of aryl methyl sites for hydroxylation is 3. The van der Waals surface area contributed by atoms with Crippen molar-refractivity contribution in [2.24, 2.45) is 7.05 Å². The standard InChI is InChI=1S/C20H23N7O2/c1-12-7-5-6-8-16(12)22-20-24-17(23-19(21)25-20)11-29-18(28)10-9-15-13(2)26-27(4)14(15)3/h5-10H,11H2,1-4H3,(H3,21,22,23,24,25). The molecule has 150 valence electrons. The Morgan fingerprint density at radius 2 is 1.97 bits per heavy atom. The van der Waals surface area contributed by atoms with E-state index in [9.17, 15) is 4.79 Å². The number of nitrogen functional groups attached to an aromatic ring is 1. The van der Waals surface area contributed by atoms with E-state index in [0.29, 0.717) is 0 Å². The Bertz CT molecular complexity index is 1070. The molecule has 0 atom stereocenters. The van der Waals surface area contributed by atoms with Crippen LogP contribution in [-0.2, 0) is 23.2 Å². The van der Waals surface area contributed by atoms with Crippen LogP contribution in [0.15, 0.2) is 30.3 Å². The lowest BCUT2D eigenvalue weighted by molar-refractivity contribution is -0.139. The fourth-order valence-electron chi connectivity index (χ4n) is 2.76. The molecule has 0 spiro atoms. The molecular weight excluding hydrogens is 370 g/mol. The fraction of sp³-hybridized carbons (Fsp3) is 0.250. The average Bonchev–Trinajstić information content (AvgIpc) is 2.91. The third-order valence-electron chi connectivity index (χ3n) is 4.39. The highest BCUT2D eigenvalue weighted by Gasteiger charge is 2.10. The van der Waals surface area contributed by atoms with Crippen LogP contribution in [0.3, 0.4) is 0 Å². The maximum atomic E-state index is 12.1. The number of anilines is 3. The lowest BCUT2D eigenvalue weighted by Gasteiger charge is -2.09. The molecule has 1 aromatic carbocycles. The minimum absolute atomic E-state index is 0.0410. The van der Waals surface area contributed by atoms with Gasteiger partial charge in [0.1, 0.15) is 0 Å². The maximum Gasteiger partial charge on any atom is 0.331 e. The van der Waals surface area contributed by atoms with E-state index in [1.165, 1.54) is 6.08 Å². The molecule has 9 nitrogen and oxygen atoms in total. The van der Waals surface area contributed by atoms with Crippen LogP contribution < -0.4 is 11.1 Å². The summed E-state index contributed by atoms with van der Waals surface area (Å²) in [6.07, 6.45) is 3.04. The van der Waals surface area contributed by atoms with Gasteiger partial charge in [-0.05, 0) is 38.5 Å². The second kappa shape index (κ2) is 8.51. The van der Waals surface area contributed by atoms with Gasteiger partial charge in [0.25, 0.3) is 0 Å². The molecule has 29 heavy (non-hydrogen) atoms. The Kier molecular flexibility index (Phi) is 5.87. The molecule has 3 aromatic rings. The van der Waals surface area contributed by atoms with E-state index in [1.807, 2.05) is 52.1 Å². The van der Waals surface area contributed by atoms with Crippen LogP contribution in [-0.4, -0.2) is 30.7 Å². The number of hydrogen-bond donors (Lipinski definition) is 2. The van der Waals surface area contributed by atoms with Crippen molar-refractivity contribution >= 4 is 29.6 Å². The Morgan fingerprint density at radius 1 is 1.21 bits per heavy atom. The minimum Gasteiger partial charge on any atom is -0.454 e. The van der Waals surface area contributed by atoms with Crippen molar-refractivity contribution in [2.45, 2.75) is 27.4 Å². The highest BCUT2D eigenvalue weighted by Crippen LogP contribution is 2.18. The molecule has 3 rings (SSSR count). The summed E-state index contributed by atoms with van der Waals surface area (Å²) < 4.78 is 6.99. The van der Waals surface area contributed by atoms with Gasteiger partial charge in [-0.3, -0.25) is 4.68 Å². The molecule has 0 aliphatic carbocycles. The highest BCUT2D eigenvalue weighted by atomic mass is 16.5. The van der Waals surface area contributed by atoms with Crippen molar-refractivity contribution in [3.05, 3.63) is 58.7 Å². The fourth-order valence-corrected chi connectivity index (χ4v) is 2.76. The molecule has 0 radical (unpaired) electrons. The third-order valence-corrected chi connectivity index (χ3v) is 4.39. The van der Waals surface area contributed by atoms with Crippen molar-refractivity contribution in [3.8, 4) is 0 Å². The Balaban J connectivity index is 1.66. The van der Waals surface area contributed by atoms with Crippen LogP contribution in [0, 0.1) is 20.8 Å². The Morgan fingerprint density at radius 3 is 2.66 bits per heavy atom. The van der Waals surface area contributed by atoms with Gasteiger partial charge in [0.05, 0.1) is 5.69 Å². The molecule has 2 heterocycles. The number of nitrogens with two attached hydrogens (primary N) is 1. The van der Waals surface area contributed by atoms with Crippen molar-refractivity contribution in [2.75, 3.05) is 11.1 Å². The van der Waals surface area contributed by atoms with Crippen molar-refractivity contribution < 1.29 is 9.53 Å². The Labute approximate surface area is 168 Å². The van der Waals surface area contributed by atoms with Crippen LogP contribution >= 0.6 is 0 Å². The van der Waals surface area contributed by atoms with Gasteiger partial charge in [-0.25, -0.2) is 4.79 Å². The second-order valence-corrected chi connectivity index (χ2v) is 6.52. The van der Waals surface area contributed by atoms with Crippen molar-refractivity contribution in [1.82, 2.24) is 24.7 Å². The maximum absolute atomic E-state index is 12.1. The van der Waals surface area contributed by atoms with Gasteiger partial charge in [0.15, 0.2) is 12.4 Å². The summed E-state index contributed by atoms with van der Waals surface area (Å²) in [7, 11) is 1.85. The van der Waals surface area contributed by atoms with Crippen LogP contribution in [0.4, 0.5) is 17.6 Å². The largest absolute Gasteiger partial charge is 0.454 e. The van der Waals surface area contributed by atoms with Gasteiger partial charge in [-0.15, -0.1) is 0 Å². The van der Waals surface area contributed by atoms with E-state index in [1.54, 1.807) is 10.8 Å². The van der Waals surface area contributed by atoms with Crippen LogP contribution in [0.1, 0.15) is 28.3 Å². The van der Waals surface area contributed by atoms with Crippen molar-refractivity contribution in [1.29, 1.82) is 0 Å². The van der Waals surface area contributed by atoms with Crippen LogP contribution in [0.5, 0.6) is 0 Å². The topological polar surface area (TPSA) is 121 Å². The molecular formula is C20H23N7O2. The van der Waals surface area contributed by atoms with E-state index in [2.05, 4.69) is 25.4 Å². The summed E-state index contributed by atoms with van der Waals surface area (Å²) in [6.45, 7) is 5.66. The average molecular weight is 393 g/mol. The third kappa shape index (κ3) is 4.95. The van der Waals surface area contributed by atoms with Crippen LogP contribution in [0.2, 0.25) is 0 Å². The predicted octanol–water partition coefficient (Wildman–Crippen LogP) is 2.61. The van der Waals surface area contributed by atoms with Gasteiger partial charge in [0.2, 0.25) is 11.9 Å². The number of carbonyl (C=O) groups is 1. The highest BCUT2D eigenvalue weighted by molar-refractivity contribution is 5.87. The van der Waals surface area contributed by atoms with E-state index < -0.39 is 5.97 Å². The minimum atomic E-state index is -0.514. The zero-order valence-corrected chi connectivity index (χ0v) is 16.8. The van der Waals surface area contributed by atoms with Crippen LogP contribution in [0.25, 0.3) is 6.08 Å². The first-order valence-corrected chi connectivity index (χ1v) is 9.01. The first kappa shape index (κ1) is 20.0. The molecule has 0 saturated heterocycles. The van der Waals surface area contributed by atoms with E-state index >= 15 is 0 Å². The molecule has 2 aromatic heterocycles. The molecule has 0 unspecified atom stereocenters. The van der Waals surface area contributed by atoms with Gasteiger partial charge in [-0.1, -0.05) is 18.2 Å². The number of esters is 1. The summed E-state index contributed by atoms with van der Waals surface area (Å²) in [5.74, 6) is 0.0680. The lowest BCUT2D eigenvalue weighted by atomic mass is 10.2. The van der Waals surface area contributed by atoms with Gasteiger partial charge in [0, 0.05) is 30.1 Å². The normalized spacial score (nSPS) is 11.0. The summed E-state index contributed by atoms with van der Waals surface area (Å²) in [4.78, 5) is 24.4. The lowest BCUT2D eigenvalue weighted by Crippen LogP contribution is -2.10. The van der Waals surface area contributed by atoms with Crippen molar-refractivity contribution in [3.63, 3.8) is 0 Å². The first-order valence-electron chi connectivity index (χ1n) is 9.01. The number of ether oxygens (including phenoxy) is 1. The zero-order chi connectivity index (χ0) is 21.0. The molecule has 0 saturated carbocycles. The van der Waals surface area contributed by atoms with Gasteiger partial charge in [-0.2, -0.15) is 20.1 Å². The molecule has 0 fully saturated rings. The smallest absolute Gasteiger partial charge is 0.331 e. The zero-order valence-electron chi connectivity index (χ0n) is 16.8. The molecule has 9 heteroatoms. The van der Waals surface area contributed by atoms with E-state index in [-0.39, 0.29) is 24.3 Å². The quantitative estimate of drug-likeness (QED) is 0.484. The van der Waals surface area contributed by atoms with Gasteiger partial charge >= 0.3 is 5.97 Å². The summed E-state index contributed by atoms with van der Waals surface area (Å²) >= 11 is 0. The number of rotatable bonds is 6. The monoisotopic (exact) mass is 393 g/mol. The predicted molar refractivity (Wildman–Crippen MR) is 110 cm³/mol. The molecule has 0 aliphatic rings. The summed E-state index contributed by atoms with van der Waals surface area (Å²) in [5.41, 5.74) is 10.3.